The van der Waals surface area contributed by atoms with Crippen molar-refractivity contribution in [3.63, 3.8) is 0 Å². The molecule has 10 nitrogen and oxygen atoms in total. The molecule has 1 aliphatic heterocycles. The van der Waals surface area contributed by atoms with Crippen LogP contribution in [0.3, 0.4) is 0 Å². The molecule has 0 aliphatic carbocycles. The number of rotatable bonds is 9. The summed E-state index contributed by atoms with van der Waals surface area (Å²) in [6.45, 7) is 2.62. The van der Waals surface area contributed by atoms with Gasteiger partial charge >= 0.3 is 6.03 Å². The van der Waals surface area contributed by atoms with Gasteiger partial charge < -0.3 is 9.47 Å². The number of non-ortho nitro benzene ring substituents is 1. The van der Waals surface area contributed by atoms with Crippen LogP contribution >= 0.6 is 0 Å². The number of benzene rings is 3. The average molecular weight is 501 g/mol. The van der Waals surface area contributed by atoms with Crippen molar-refractivity contribution in [2.75, 3.05) is 11.5 Å². The lowest BCUT2D eigenvalue weighted by Crippen LogP contribution is -2.54. The maximum Gasteiger partial charge on any atom is 0.335 e. The Kier molecular flexibility index (Phi) is 7.58. The molecule has 37 heavy (non-hydrogen) atoms. The topological polar surface area (TPSA) is 128 Å². The average Bonchev–Trinajstić information content (AvgIpc) is 2.90. The zero-order valence-corrected chi connectivity index (χ0v) is 19.9. The van der Waals surface area contributed by atoms with Crippen molar-refractivity contribution < 1.29 is 28.8 Å². The highest BCUT2D eigenvalue weighted by molar-refractivity contribution is 6.39. The molecule has 4 rings (SSSR count). The predicted molar refractivity (Wildman–Crippen MR) is 135 cm³/mol. The molecule has 3 aromatic rings. The zero-order valence-electron chi connectivity index (χ0n) is 19.9. The van der Waals surface area contributed by atoms with Crippen LogP contribution in [0.15, 0.2) is 78.4 Å². The molecule has 0 radical (unpaired) electrons. The summed E-state index contributed by atoms with van der Waals surface area (Å²) < 4.78 is 11.4. The van der Waals surface area contributed by atoms with E-state index < -0.39 is 22.8 Å². The zero-order chi connectivity index (χ0) is 26.4. The smallest absolute Gasteiger partial charge is 0.335 e. The molecule has 0 aromatic heterocycles. The molecule has 0 atom stereocenters. The van der Waals surface area contributed by atoms with Gasteiger partial charge in [0.15, 0.2) is 0 Å². The van der Waals surface area contributed by atoms with Gasteiger partial charge in [0.2, 0.25) is 0 Å². The van der Waals surface area contributed by atoms with Crippen molar-refractivity contribution in [1.82, 2.24) is 5.32 Å². The van der Waals surface area contributed by atoms with Crippen molar-refractivity contribution in [2.24, 2.45) is 0 Å². The van der Waals surface area contributed by atoms with E-state index in [4.69, 9.17) is 9.47 Å². The van der Waals surface area contributed by atoms with Gasteiger partial charge in [0.25, 0.3) is 17.5 Å². The van der Waals surface area contributed by atoms with E-state index in [9.17, 15) is 24.5 Å². The first-order valence-corrected chi connectivity index (χ1v) is 11.5. The fourth-order valence-corrected chi connectivity index (χ4v) is 3.56. The molecule has 1 saturated heterocycles. The Hall–Kier alpha value is -4.99. The normalized spacial score (nSPS) is 14.5. The van der Waals surface area contributed by atoms with Crippen LogP contribution in [0.2, 0.25) is 0 Å². The third kappa shape index (κ3) is 5.81. The number of carbonyl (C=O) groups is 3. The summed E-state index contributed by atoms with van der Waals surface area (Å²) >= 11 is 0. The first-order valence-electron chi connectivity index (χ1n) is 11.5. The number of nitrogens with one attached hydrogen (secondary N) is 1. The number of ether oxygens (including phenoxy) is 2. The summed E-state index contributed by atoms with van der Waals surface area (Å²) in [4.78, 5) is 49.6. The summed E-state index contributed by atoms with van der Waals surface area (Å²) in [5.74, 6) is -0.614. The molecule has 1 heterocycles. The third-order valence-corrected chi connectivity index (χ3v) is 5.43. The first kappa shape index (κ1) is 25.1. The monoisotopic (exact) mass is 501 g/mol. The van der Waals surface area contributed by atoms with Gasteiger partial charge in [0.05, 0.1) is 17.2 Å². The molecule has 0 saturated carbocycles. The summed E-state index contributed by atoms with van der Waals surface area (Å²) in [5, 5.41) is 13.0. The highest BCUT2D eigenvalue weighted by atomic mass is 16.6. The van der Waals surface area contributed by atoms with Crippen LogP contribution in [-0.2, 0) is 16.2 Å². The minimum Gasteiger partial charge on any atom is -0.494 e. The van der Waals surface area contributed by atoms with Crippen molar-refractivity contribution in [3.8, 4) is 11.5 Å². The molecule has 0 spiro atoms. The quantitative estimate of drug-likeness (QED) is 0.196. The molecule has 0 unspecified atom stereocenters. The van der Waals surface area contributed by atoms with Crippen molar-refractivity contribution in [1.29, 1.82) is 0 Å². The van der Waals surface area contributed by atoms with Gasteiger partial charge in [-0.25, -0.2) is 9.69 Å². The maximum absolute atomic E-state index is 13.2. The number of anilines is 1. The Labute approximate surface area is 212 Å². The fraction of sp³-hybridized carbons (Fsp3) is 0.148. The van der Waals surface area contributed by atoms with E-state index in [0.717, 1.165) is 11.3 Å². The molecule has 1 fully saturated rings. The Balaban J connectivity index is 1.56. The highest BCUT2D eigenvalue weighted by Gasteiger charge is 2.37. The number of barbiturate groups is 1. The van der Waals surface area contributed by atoms with Crippen LogP contribution in [0.25, 0.3) is 6.08 Å². The van der Waals surface area contributed by atoms with Gasteiger partial charge in [0, 0.05) is 17.7 Å². The number of imide groups is 2. The van der Waals surface area contributed by atoms with Crippen LogP contribution in [-0.4, -0.2) is 29.4 Å². The summed E-state index contributed by atoms with van der Waals surface area (Å²) in [6, 6.07) is 18.3. The Morgan fingerprint density at radius 2 is 1.65 bits per heavy atom. The third-order valence-electron chi connectivity index (χ3n) is 5.43. The summed E-state index contributed by atoms with van der Waals surface area (Å²) in [7, 11) is 0. The number of carbonyl (C=O) groups excluding carboxylic acids is 3. The van der Waals surface area contributed by atoms with Gasteiger partial charge in [-0.1, -0.05) is 25.1 Å². The van der Waals surface area contributed by atoms with E-state index in [1.54, 1.807) is 60.7 Å². The molecule has 4 amide bonds. The van der Waals surface area contributed by atoms with E-state index in [-0.39, 0.29) is 23.6 Å². The first-order chi connectivity index (χ1) is 17.9. The van der Waals surface area contributed by atoms with E-state index in [2.05, 4.69) is 5.32 Å². The molecule has 0 bridgehead atoms. The molecular formula is C27H23N3O7. The van der Waals surface area contributed by atoms with Crippen molar-refractivity contribution in [2.45, 2.75) is 20.0 Å². The summed E-state index contributed by atoms with van der Waals surface area (Å²) in [5.41, 5.74) is 1.16. The van der Waals surface area contributed by atoms with Crippen molar-refractivity contribution in [3.05, 3.63) is 99.6 Å². The second-order valence-electron chi connectivity index (χ2n) is 8.05. The molecular weight excluding hydrogens is 478 g/mol. The van der Waals surface area contributed by atoms with Gasteiger partial charge in [0.1, 0.15) is 23.7 Å². The number of nitrogens with zero attached hydrogens (tertiary/aromatic N) is 2. The van der Waals surface area contributed by atoms with Gasteiger partial charge in [-0.2, -0.15) is 0 Å². The predicted octanol–water partition coefficient (Wildman–Crippen LogP) is 4.63. The number of hydrogen-bond acceptors (Lipinski definition) is 7. The number of amides is 4. The van der Waals surface area contributed by atoms with Gasteiger partial charge in [-0.15, -0.1) is 0 Å². The van der Waals surface area contributed by atoms with E-state index in [1.807, 2.05) is 6.92 Å². The Morgan fingerprint density at radius 1 is 0.946 bits per heavy atom. The van der Waals surface area contributed by atoms with E-state index in [1.165, 1.54) is 18.2 Å². The SMILES string of the molecule is CCCOc1ccc(N2C(=O)NC(=O)/C(=C/c3ccccc3OCc3ccc([N+](=O)[O-])cc3)C2=O)cc1. The minimum atomic E-state index is -0.850. The molecule has 10 heteroatoms. The standard InChI is InChI=1S/C27H23N3O7/c1-2-15-36-22-13-11-20(12-14-22)29-26(32)23(25(31)28-27(29)33)16-19-5-3-4-6-24(19)37-17-18-7-9-21(10-8-18)30(34)35/h3-14,16H,2,15,17H2,1H3,(H,28,31,33)/b23-16-. The number of nitro groups is 1. The number of urea groups is 1. The fourth-order valence-electron chi connectivity index (χ4n) is 3.56. The van der Waals surface area contributed by atoms with Crippen LogP contribution < -0.4 is 19.7 Å². The Bertz CT molecular complexity index is 1370. The second-order valence-corrected chi connectivity index (χ2v) is 8.05. The van der Waals surface area contributed by atoms with Gasteiger partial charge in [-0.3, -0.25) is 25.0 Å². The molecule has 1 aliphatic rings. The largest absolute Gasteiger partial charge is 0.494 e. The van der Waals surface area contributed by atoms with Crippen LogP contribution in [0.1, 0.15) is 24.5 Å². The van der Waals surface area contributed by atoms with Crippen molar-refractivity contribution >= 4 is 35.3 Å². The van der Waals surface area contributed by atoms with Crippen LogP contribution in [0, 0.1) is 10.1 Å². The van der Waals surface area contributed by atoms with Crippen LogP contribution in [0.4, 0.5) is 16.2 Å². The second kappa shape index (κ2) is 11.2. The Morgan fingerprint density at radius 3 is 2.32 bits per heavy atom. The molecule has 3 aromatic carbocycles. The number of nitro benzene ring substituents is 1. The summed E-state index contributed by atoms with van der Waals surface area (Å²) in [6.07, 6.45) is 2.20. The van der Waals surface area contributed by atoms with E-state index >= 15 is 0 Å². The van der Waals surface area contributed by atoms with Gasteiger partial charge in [-0.05, 0) is 60.5 Å². The lowest BCUT2D eigenvalue weighted by atomic mass is 10.1. The molecule has 188 valence electrons. The minimum absolute atomic E-state index is 0.0297. The van der Waals surface area contributed by atoms with E-state index in [0.29, 0.717) is 29.2 Å². The lowest BCUT2D eigenvalue weighted by Gasteiger charge is -2.26. The highest BCUT2D eigenvalue weighted by Crippen LogP contribution is 2.27. The number of para-hydroxylation sites is 1. The maximum atomic E-state index is 13.2. The lowest BCUT2D eigenvalue weighted by molar-refractivity contribution is -0.384. The molecule has 1 N–H and O–H groups in total. The van der Waals surface area contributed by atoms with Crippen LogP contribution in [0.5, 0.6) is 11.5 Å². The number of hydrogen-bond donors (Lipinski definition) is 1.